The van der Waals surface area contributed by atoms with Crippen LogP contribution >= 0.6 is 0 Å². The van der Waals surface area contributed by atoms with E-state index >= 15 is 0 Å². The van der Waals surface area contributed by atoms with Crippen LogP contribution in [0.15, 0.2) is 70.6 Å². The van der Waals surface area contributed by atoms with E-state index in [-0.39, 0.29) is 17.0 Å². The number of ether oxygens (including phenoxy) is 1. The lowest BCUT2D eigenvalue weighted by molar-refractivity contribution is 0.0696. The van der Waals surface area contributed by atoms with Crippen molar-refractivity contribution in [3.05, 3.63) is 110 Å². The third-order valence-electron chi connectivity index (χ3n) is 7.74. The maximum atomic E-state index is 13.9. The van der Waals surface area contributed by atoms with E-state index in [2.05, 4.69) is 24.5 Å². The highest BCUT2D eigenvalue weighted by molar-refractivity contribution is 5.88. The van der Waals surface area contributed by atoms with E-state index in [4.69, 9.17) is 14.8 Å². The monoisotopic (exact) mass is 576 g/mol. The molecular weight excluding hydrogens is 540 g/mol. The number of nitrogens with zero attached hydrogens (tertiary/aromatic N) is 4. The van der Waals surface area contributed by atoms with Crippen molar-refractivity contribution in [3.63, 3.8) is 0 Å². The van der Waals surface area contributed by atoms with Gasteiger partial charge in [-0.15, -0.1) is 0 Å². The third kappa shape index (κ3) is 5.48. The van der Waals surface area contributed by atoms with Gasteiger partial charge in [0.05, 0.1) is 29.3 Å². The average molecular weight is 577 g/mol. The van der Waals surface area contributed by atoms with Crippen LogP contribution in [0, 0.1) is 27.7 Å². The zero-order chi connectivity index (χ0) is 31.0. The van der Waals surface area contributed by atoms with Gasteiger partial charge in [-0.3, -0.25) is 4.79 Å². The molecule has 3 aromatic carbocycles. The number of rotatable bonds is 8. The van der Waals surface area contributed by atoms with E-state index in [1.165, 1.54) is 4.68 Å². The summed E-state index contributed by atoms with van der Waals surface area (Å²) >= 11 is 0. The predicted molar refractivity (Wildman–Crippen MR) is 171 cm³/mol. The fourth-order valence-corrected chi connectivity index (χ4v) is 5.52. The molecule has 0 radical (unpaired) electrons. The third-order valence-corrected chi connectivity index (χ3v) is 7.74. The summed E-state index contributed by atoms with van der Waals surface area (Å²) in [4.78, 5) is 30.3. The van der Waals surface area contributed by atoms with Crippen LogP contribution in [0.2, 0.25) is 0 Å². The molecule has 2 heterocycles. The van der Waals surface area contributed by atoms with Gasteiger partial charge in [-0.05, 0) is 106 Å². The van der Waals surface area contributed by atoms with Crippen LogP contribution in [0.5, 0.6) is 5.75 Å². The van der Waals surface area contributed by atoms with Crippen molar-refractivity contribution in [1.29, 1.82) is 0 Å². The molecule has 0 aliphatic rings. The van der Waals surface area contributed by atoms with Crippen molar-refractivity contribution in [1.82, 2.24) is 14.2 Å². The van der Waals surface area contributed by atoms with Crippen LogP contribution in [-0.2, 0) is 0 Å². The van der Waals surface area contributed by atoms with Crippen LogP contribution in [0.1, 0.15) is 70.7 Å². The number of carboxylic acid groups (broad SMARTS) is 1. The molecule has 0 aliphatic carbocycles. The van der Waals surface area contributed by atoms with E-state index in [1.807, 2.05) is 71.0 Å². The lowest BCUT2D eigenvalue weighted by Gasteiger charge is -2.18. The van der Waals surface area contributed by atoms with Gasteiger partial charge >= 0.3 is 5.97 Å². The Kier molecular flexibility index (Phi) is 8.04. The Morgan fingerprint density at radius 3 is 2.44 bits per heavy atom. The van der Waals surface area contributed by atoms with Gasteiger partial charge in [0, 0.05) is 28.2 Å². The first kappa shape index (κ1) is 29.5. The van der Waals surface area contributed by atoms with E-state index in [0.29, 0.717) is 23.3 Å². The summed E-state index contributed by atoms with van der Waals surface area (Å²) in [5.41, 5.74) is 7.79. The molecule has 0 amide bonds. The molecule has 0 saturated heterocycles. The van der Waals surface area contributed by atoms with Crippen molar-refractivity contribution in [2.24, 2.45) is 5.10 Å². The van der Waals surface area contributed by atoms with Gasteiger partial charge in [0.2, 0.25) is 0 Å². The predicted octanol–water partition coefficient (Wildman–Crippen LogP) is 7.19. The second-order valence-corrected chi connectivity index (χ2v) is 11.1. The molecule has 1 N–H and O–H groups in total. The van der Waals surface area contributed by atoms with E-state index < -0.39 is 5.97 Å². The number of para-hydroxylation sites is 1. The Morgan fingerprint density at radius 2 is 1.77 bits per heavy atom. The number of carbonyl (C=O) groups is 1. The van der Waals surface area contributed by atoms with E-state index in [1.54, 1.807) is 24.4 Å². The number of aryl methyl sites for hydroxylation is 3. The summed E-state index contributed by atoms with van der Waals surface area (Å²) in [5, 5.41) is 14.6. The largest absolute Gasteiger partial charge is 0.494 e. The average Bonchev–Trinajstić information content (AvgIpc) is 3.24. The minimum Gasteiger partial charge on any atom is -0.494 e. The first-order chi connectivity index (χ1) is 20.5. The zero-order valence-corrected chi connectivity index (χ0v) is 25.6. The molecule has 5 rings (SSSR count). The quantitative estimate of drug-likeness (QED) is 0.197. The molecule has 8 nitrogen and oxygen atoms in total. The Balaban J connectivity index is 1.68. The van der Waals surface area contributed by atoms with Gasteiger partial charge in [0.1, 0.15) is 5.75 Å². The highest BCUT2D eigenvalue weighted by Gasteiger charge is 2.19. The summed E-state index contributed by atoms with van der Waals surface area (Å²) in [7, 11) is 0. The van der Waals surface area contributed by atoms with Crippen LogP contribution in [0.4, 0.5) is 0 Å². The normalized spacial score (nSPS) is 11.6. The van der Waals surface area contributed by atoms with Crippen molar-refractivity contribution in [3.8, 4) is 22.8 Å². The summed E-state index contributed by atoms with van der Waals surface area (Å²) in [5.74, 6) is 0.521. The summed E-state index contributed by atoms with van der Waals surface area (Å²) < 4.78 is 9.39. The lowest BCUT2D eigenvalue weighted by atomic mass is 9.96. The van der Waals surface area contributed by atoms with Gasteiger partial charge in [0.25, 0.3) is 5.56 Å². The number of aromatic carboxylic acids is 1. The molecule has 43 heavy (non-hydrogen) atoms. The number of aromatic nitrogens is 3. The topological polar surface area (TPSA) is 98.7 Å². The molecule has 0 saturated carbocycles. The molecule has 220 valence electrons. The molecule has 0 atom stereocenters. The van der Waals surface area contributed by atoms with Gasteiger partial charge in [-0.1, -0.05) is 26.0 Å². The first-order valence-corrected chi connectivity index (χ1v) is 14.4. The molecule has 0 bridgehead atoms. The smallest absolute Gasteiger partial charge is 0.335 e. The van der Waals surface area contributed by atoms with Gasteiger partial charge in [-0.25, -0.2) is 9.78 Å². The highest BCUT2D eigenvalue weighted by Crippen LogP contribution is 2.34. The van der Waals surface area contributed by atoms with Gasteiger partial charge < -0.3 is 14.4 Å². The fourth-order valence-electron chi connectivity index (χ4n) is 5.52. The summed E-state index contributed by atoms with van der Waals surface area (Å²) in [6.45, 7) is 14.6. The minimum absolute atomic E-state index is 0.198. The molecule has 0 unspecified atom stereocenters. The van der Waals surface area contributed by atoms with Gasteiger partial charge in [0.15, 0.2) is 5.82 Å². The van der Waals surface area contributed by atoms with Crippen LogP contribution < -0.4 is 10.3 Å². The van der Waals surface area contributed by atoms with E-state index in [9.17, 15) is 14.7 Å². The highest BCUT2D eigenvalue weighted by atomic mass is 16.5. The maximum absolute atomic E-state index is 13.9. The number of fused-ring (bicyclic) bond motifs is 1. The first-order valence-electron chi connectivity index (χ1n) is 14.4. The molecule has 5 aromatic rings. The minimum atomic E-state index is -0.961. The molecule has 0 aliphatic heterocycles. The number of hydrogen-bond acceptors (Lipinski definition) is 5. The van der Waals surface area contributed by atoms with Gasteiger partial charge in [-0.2, -0.15) is 9.78 Å². The van der Waals surface area contributed by atoms with Crippen LogP contribution in [0.3, 0.4) is 0 Å². The standard InChI is InChI=1S/C35H36N4O4/c1-8-43-32-16-21(4)29(18-28(32)20(2)3)33-37-30-12-10-9-11-27(30)34(40)39(33)36-19-26-17-23(6)38(24(26)7)31-14-13-25(35(41)42)15-22(31)5/h9-20H,8H2,1-7H3,(H,41,42). The number of hydrogen-bond donors (Lipinski definition) is 1. The molecule has 0 spiro atoms. The van der Waals surface area contributed by atoms with Crippen molar-refractivity contribution < 1.29 is 14.6 Å². The zero-order valence-electron chi connectivity index (χ0n) is 25.6. The Hall–Kier alpha value is -4.98. The maximum Gasteiger partial charge on any atom is 0.335 e. The Bertz CT molecular complexity index is 1960. The van der Waals surface area contributed by atoms with Crippen molar-refractivity contribution in [2.75, 3.05) is 6.61 Å². The fraction of sp³-hybridized carbons (Fsp3) is 0.257. The van der Waals surface area contributed by atoms with Crippen molar-refractivity contribution >= 4 is 23.1 Å². The Morgan fingerprint density at radius 1 is 1.02 bits per heavy atom. The number of carboxylic acids is 1. The second-order valence-electron chi connectivity index (χ2n) is 11.1. The second kappa shape index (κ2) is 11.7. The van der Waals surface area contributed by atoms with E-state index in [0.717, 1.165) is 50.6 Å². The Labute approximate surface area is 250 Å². The molecular formula is C35H36N4O4. The summed E-state index contributed by atoms with van der Waals surface area (Å²) in [6.07, 6.45) is 1.69. The SMILES string of the molecule is CCOc1cc(C)c(-c2nc3ccccc3c(=O)n2N=Cc2cc(C)n(-c3ccc(C(=O)O)cc3C)c2C)cc1C(C)C. The lowest BCUT2D eigenvalue weighted by Crippen LogP contribution is -2.21. The van der Waals surface area contributed by atoms with Crippen molar-refractivity contribution in [2.45, 2.75) is 54.4 Å². The molecule has 0 fully saturated rings. The molecule has 8 heteroatoms. The number of benzene rings is 3. The van der Waals surface area contributed by atoms with Crippen LogP contribution in [-0.4, -0.2) is 38.1 Å². The van der Waals surface area contributed by atoms with Crippen LogP contribution in [0.25, 0.3) is 28.0 Å². The summed E-state index contributed by atoms with van der Waals surface area (Å²) in [6, 6.07) is 18.5. The molecule has 2 aromatic heterocycles.